The molecule has 1 aromatic carbocycles. The molecule has 7 heteroatoms. The molecule has 0 aliphatic carbocycles. The monoisotopic (exact) mass is 278 g/mol. The number of nitrogens with zero attached hydrogens (tertiary/aromatic N) is 2. The molecule has 1 aliphatic heterocycles. The zero-order valence-electron chi connectivity index (χ0n) is 11.1. The number of rotatable bonds is 2. The Balaban J connectivity index is 1.78. The van der Waals surface area contributed by atoms with Crippen molar-refractivity contribution in [2.45, 2.75) is 6.54 Å². The Morgan fingerprint density at radius 1 is 1.10 bits per heavy atom. The Bertz CT molecular complexity index is 481. The fourth-order valence-electron chi connectivity index (χ4n) is 2.03. The molecule has 20 heavy (non-hydrogen) atoms. The zero-order chi connectivity index (χ0) is 14.5. The van der Waals surface area contributed by atoms with Crippen LogP contribution in [0.2, 0.25) is 0 Å². The first-order valence-corrected chi connectivity index (χ1v) is 6.41. The molecule has 0 radical (unpaired) electrons. The second-order valence-corrected chi connectivity index (χ2v) is 4.66. The van der Waals surface area contributed by atoms with E-state index >= 15 is 0 Å². The number of hydrogen-bond donors (Lipinski definition) is 3. The van der Waals surface area contributed by atoms with E-state index < -0.39 is 6.09 Å². The predicted octanol–water partition coefficient (Wildman–Crippen LogP) is 0.774. The lowest BCUT2D eigenvalue weighted by Gasteiger charge is -2.33. The van der Waals surface area contributed by atoms with Crippen molar-refractivity contribution in [3.8, 4) is 0 Å². The van der Waals surface area contributed by atoms with E-state index in [-0.39, 0.29) is 6.03 Å². The molecule has 0 bridgehead atoms. The third-order valence-corrected chi connectivity index (χ3v) is 3.26. The fraction of sp³-hybridized carbons (Fsp3) is 0.385. The Morgan fingerprint density at radius 3 is 2.20 bits per heavy atom. The van der Waals surface area contributed by atoms with Gasteiger partial charge >= 0.3 is 12.1 Å². The number of carboxylic acid groups (broad SMARTS) is 1. The molecule has 1 aromatic rings. The first-order valence-electron chi connectivity index (χ1n) is 6.41. The summed E-state index contributed by atoms with van der Waals surface area (Å²) in [6, 6.07) is 7.11. The summed E-state index contributed by atoms with van der Waals surface area (Å²) in [5, 5.41) is 11.6. The average molecular weight is 278 g/mol. The number of carbonyl (C=O) groups excluding carboxylic acids is 1. The van der Waals surface area contributed by atoms with Gasteiger partial charge in [0.05, 0.1) is 0 Å². The molecule has 0 spiro atoms. The summed E-state index contributed by atoms with van der Waals surface area (Å²) in [6.45, 7) is 1.97. The number of hydrogen-bond acceptors (Lipinski definition) is 3. The van der Waals surface area contributed by atoms with Crippen molar-refractivity contribution in [2.75, 3.05) is 31.9 Å². The SMILES string of the molecule is Nc1ccc(CNC(=O)N2CCN(C(=O)O)CC2)cc1. The minimum atomic E-state index is -0.938. The summed E-state index contributed by atoms with van der Waals surface area (Å²) in [7, 11) is 0. The summed E-state index contributed by atoms with van der Waals surface area (Å²) in [5.74, 6) is 0. The lowest BCUT2D eigenvalue weighted by Crippen LogP contribution is -2.52. The largest absolute Gasteiger partial charge is 0.465 e. The van der Waals surface area contributed by atoms with Crippen LogP contribution in [-0.2, 0) is 6.54 Å². The summed E-state index contributed by atoms with van der Waals surface area (Å²) < 4.78 is 0. The standard InChI is InChI=1S/C13H18N4O3/c14-11-3-1-10(2-4-11)9-15-12(18)16-5-7-17(8-6-16)13(19)20/h1-4H,5-9,14H2,(H,15,18)(H,19,20). The molecule has 7 nitrogen and oxygen atoms in total. The third-order valence-electron chi connectivity index (χ3n) is 3.26. The van der Waals surface area contributed by atoms with Gasteiger partial charge in [-0.25, -0.2) is 9.59 Å². The van der Waals surface area contributed by atoms with Gasteiger partial charge in [-0.05, 0) is 17.7 Å². The van der Waals surface area contributed by atoms with E-state index in [1.54, 1.807) is 17.0 Å². The molecule has 1 heterocycles. The highest BCUT2D eigenvalue weighted by molar-refractivity contribution is 5.74. The molecular weight excluding hydrogens is 260 g/mol. The van der Waals surface area contributed by atoms with Crippen molar-refractivity contribution in [1.29, 1.82) is 0 Å². The Labute approximate surface area is 117 Å². The lowest BCUT2D eigenvalue weighted by atomic mass is 10.2. The number of piperazine rings is 1. The molecule has 3 amide bonds. The zero-order valence-corrected chi connectivity index (χ0v) is 11.1. The first kappa shape index (κ1) is 14.0. The lowest BCUT2D eigenvalue weighted by molar-refractivity contribution is 0.112. The van der Waals surface area contributed by atoms with E-state index in [9.17, 15) is 9.59 Å². The number of carbonyl (C=O) groups is 2. The number of anilines is 1. The van der Waals surface area contributed by atoms with Gasteiger partial charge < -0.3 is 26.0 Å². The molecule has 2 rings (SSSR count). The number of benzene rings is 1. The van der Waals surface area contributed by atoms with Crippen molar-refractivity contribution in [3.05, 3.63) is 29.8 Å². The highest BCUT2D eigenvalue weighted by Gasteiger charge is 2.23. The summed E-state index contributed by atoms with van der Waals surface area (Å²) in [6.07, 6.45) is -0.938. The molecule has 0 unspecified atom stereocenters. The minimum Gasteiger partial charge on any atom is -0.465 e. The molecule has 0 saturated carbocycles. The van der Waals surface area contributed by atoms with Gasteiger partial charge in [0, 0.05) is 38.4 Å². The first-order chi connectivity index (χ1) is 9.56. The topological polar surface area (TPSA) is 98.9 Å². The van der Waals surface area contributed by atoms with Gasteiger partial charge in [-0.15, -0.1) is 0 Å². The third kappa shape index (κ3) is 3.53. The highest BCUT2D eigenvalue weighted by Crippen LogP contribution is 2.06. The van der Waals surface area contributed by atoms with E-state index in [0.29, 0.717) is 38.4 Å². The van der Waals surface area contributed by atoms with Crippen LogP contribution in [-0.4, -0.2) is 53.2 Å². The van der Waals surface area contributed by atoms with Gasteiger partial charge in [0.25, 0.3) is 0 Å². The maximum atomic E-state index is 11.9. The Kier molecular flexibility index (Phi) is 4.29. The van der Waals surface area contributed by atoms with Crippen LogP contribution >= 0.6 is 0 Å². The number of nitrogen functional groups attached to an aromatic ring is 1. The normalized spacial score (nSPS) is 15.0. The molecule has 4 N–H and O–H groups in total. The Hall–Kier alpha value is -2.44. The van der Waals surface area contributed by atoms with Crippen molar-refractivity contribution in [2.24, 2.45) is 0 Å². The van der Waals surface area contributed by atoms with E-state index in [1.165, 1.54) is 4.90 Å². The van der Waals surface area contributed by atoms with Crippen LogP contribution in [0.3, 0.4) is 0 Å². The van der Waals surface area contributed by atoms with Gasteiger partial charge in [-0.1, -0.05) is 12.1 Å². The summed E-state index contributed by atoms with van der Waals surface area (Å²) >= 11 is 0. The smallest absolute Gasteiger partial charge is 0.407 e. The Morgan fingerprint density at radius 2 is 1.65 bits per heavy atom. The molecule has 108 valence electrons. The van der Waals surface area contributed by atoms with E-state index in [0.717, 1.165) is 5.56 Å². The van der Waals surface area contributed by atoms with Gasteiger partial charge in [0.15, 0.2) is 0 Å². The van der Waals surface area contributed by atoms with Crippen LogP contribution in [0.5, 0.6) is 0 Å². The molecule has 1 aliphatic rings. The van der Waals surface area contributed by atoms with Gasteiger partial charge in [-0.3, -0.25) is 0 Å². The van der Waals surface area contributed by atoms with Crippen molar-refractivity contribution < 1.29 is 14.7 Å². The van der Waals surface area contributed by atoms with Gasteiger partial charge in [0.1, 0.15) is 0 Å². The van der Waals surface area contributed by atoms with E-state index in [1.807, 2.05) is 12.1 Å². The van der Waals surface area contributed by atoms with Crippen LogP contribution in [0.4, 0.5) is 15.3 Å². The second-order valence-electron chi connectivity index (χ2n) is 4.66. The van der Waals surface area contributed by atoms with Crippen molar-refractivity contribution >= 4 is 17.8 Å². The number of nitrogens with two attached hydrogens (primary N) is 1. The average Bonchev–Trinajstić information content (AvgIpc) is 2.46. The van der Waals surface area contributed by atoms with Crippen molar-refractivity contribution in [3.63, 3.8) is 0 Å². The van der Waals surface area contributed by atoms with Crippen LogP contribution in [0.15, 0.2) is 24.3 Å². The van der Waals surface area contributed by atoms with Gasteiger partial charge in [-0.2, -0.15) is 0 Å². The fourth-order valence-corrected chi connectivity index (χ4v) is 2.03. The highest BCUT2D eigenvalue weighted by atomic mass is 16.4. The number of amides is 3. The van der Waals surface area contributed by atoms with E-state index in [2.05, 4.69) is 5.32 Å². The quantitative estimate of drug-likeness (QED) is 0.696. The van der Waals surface area contributed by atoms with Crippen LogP contribution in [0, 0.1) is 0 Å². The van der Waals surface area contributed by atoms with Crippen LogP contribution < -0.4 is 11.1 Å². The van der Waals surface area contributed by atoms with Gasteiger partial charge in [0.2, 0.25) is 0 Å². The minimum absolute atomic E-state index is 0.174. The number of urea groups is 1. The maximum absolute atomic E-state index is 11.9. The molecular formula is C13H18N4O3. The summed E-state index contributed by atoms with van der Waals surface area (Å²) in [4.78, 5) is 25.6. The summed E-state index contributed by atoms with van der Waals surface area (Å²) in [5.41, 5.74) is 7.24. The van der Waals surface area contributed by atoms with Crippen molar-refractivity contribution in [1.82, 2.24) is 15.1 Å². The maximum Gasteiger partial charge on any atom is 0.407 e. The van der Waals surface area contributed by atoms with Crippen LogP contribution in [0.25, 0.3) is 0 Å². The molecule has 0 aromatic heterocycles. The molecule has 1 fully saturated rings. The predicted molar refractivity (Wildman–Crippen MR) is 74.3 cm³/mol. The molecule has 0 atom stereocenters. The van der Waals surface area contributed by atoms with E-state index in [4.69, 9.17) is 10.8 Å². The number of nitrogens with one attached hydrogen (secondary N) is 1. The second kappa shape index (κ2) is 6.14. The molecule has 1 saturated heterocycles. The van der Waals surface area contributed by atoms with Crippen LogP contribution in [0.1, 0.15) is 5.56 Å².